The molecule has 0 saturated heterocycles. The molecule has 0 amide bonds. The molecule has 1 aromatic heterocycles. The van der Waals surface area contributed by atoms with Crippen LogP contribution >= 0.6 is 34.5 Å². The summed E-state index contributed by atoms with van der Waals surface area (Å²) >= 11 is 13.7. The molecule has 102 valence electrons. The van der Waals surface area contributed by atoms with E-state index in [1.807, 2.05) is 0 Å². The normalized spacial score (nSPS) is 10.7. The van der Waals surface area contributed by atoms with E-state index >= 15 is 0 Å². The molecule has 0 saturated carbocycles. The van der Waals surface area contributed by atoms with E-state index in [0.29, 0.717) is 22.4 Å². The molecule has 0 atom stereocenters. The van der Waals surface area contributed by atoms with Crippen LogP contribution in [0.2, 0.25) is 10.0 Å². The van der Waals surface area contributed by atoms with Gasteiger partial charge in [-0.1, -0.05) is 23.2 Å². The van der Waals surface area contributed by atoms with Crippen LogP contribution in [0.3, 0.4) is 0 Å². The number of hydrogen-bond acceptors (Lipinski definition) is 3. The molecule has 0 fully saturated rings. The summed E-state index contributed by atoms with van der Waals surface area (Å²) in [6, 6.07) is 7.34. The summed E-state index contributed by atoms with van der Waals surface area (Å²) in [6.07, 6.45) is 0. The Labute approximate surface area is 127 Å². The first-order valence-corrected chi connectivity index (χ1v) is 7.62. The van der Waals surface area contributed by atoms with Gasteiger partial charge in [-0.2, -0.15) is 0 Å². The highest BCUT2D eigenvalue weighted by Crippen LogP contribution is 2.27. The number of aryl methyl sites for hydroxylation is 1. The van der Waals surface area contributed by atoms with Crippen molar-refractivity contribution in [3.05, 3.63) is 50.1 Å². The quantitative estimate of drug-likeness (QED) is 0.791. The fourth-order valence-electron chi connectivity index (χ4n) is 1.61. The van der Waals surface area contributed by atoms with Crippen molar-refractivity contribution in [3.8, 4) is 5.75 Å². The van der Waals surface area contributed by atoms with Crippen LogP contribution < -0.4 is 10.1 Å². The summed E-state index contributed by atoms with van der Waals surface area (Å²) in [6.45, 7) is 4.32. The number of nitrogens with one attached hydrogen (secondary N) is 1. The van der Waals surface area contributed by atoms with E-state index in [2.05, 4.69) is 23.7 Å². The zero-order chi connectivity index (χ0) is 13.7. The number of benzene rings is 1. The molecule has 2 aromatic rings. The Morgan fingerprint density at radius 1 is 1.26 bits per heavy atom. The molecule has 0 spiro atoms. The Hall–Kier alpha value is -0.740. The average Bonchev–Trinajstić information content (AvgIpc) is 2.79. The Kier molecular flexibility index (Phi) is 5.52. The molecule has 0 bridgehead atoms. The molecule has 2 rings (SSSR count). The summed E-state index contributed by atoms with van der Waals surface area (Å²) in [4.78, 5) is 1.36. The minimum absolute atomic E-state index is 0.560. The lowest BCUT2D eigenvalue weighted by molar-refractivity contribution is 0.314. The van der Waals surface area contributed by atoms with Gasteiger partial charge in [-0.25, -0.2) is 0 Å². The lowest BCUT2D eigenvalue weighted by Gasteiger charge is -2.09. The topological polar surface area (TPSA) is 21.3 Å². The molecule has 1 aromatic carbocycles. The van der Waals surface area contributed by atoms with Gasteiger partial charge in [0, 0.05) is 29.1 Å². The highest BCUT2D eigenvalue weighted by Gasteiger charge is 2.02. The molecule has 0 aliphatic carbocycles. The minimum atomic E-state index is 0.560. The molecule has 19 heavy (non-hydrogen) atoms. The predicted octanol–water partition coefficient (Wildman–Crippen LogP) is 4.53. The summed E-state index contributed by atoms with van der Waals surface area (Å²) < 4.78 is 5.59. The van der Waals surface area contributed by atoms with Gasteiger partial charge in [0.25, 0.3) is 0 Å². The second-order valence-corrected chi connectivity index (χ2v) is 5.97. The smallest absolute Gasteiger partial charge is 0.139 e. The van der Waals surface area contributed by atoms with Crippen LogP contribution in [0.5, 0.6) is 5.75 Å². The van der Waals surface area contributed by atoms with Crippen molar-refractivity contribution < 1.29 is 4.74 Å². The van der Waals surface area contributed by atoms with Crippen molar-refractivity contribution in [2.75, 3.05) is 13.2 Å². The summed E-state index contributed by atoms with van der Waals surface area (Å²) in [7, 11) is 0. The van der Waals surface area contributed by atoms with Crippen LogP contribution in [0.1, 0.15) is 10.4 Å². The van der Waals surface area contributed by atoms with E-state index in [1.165, 1.54) is 10.4 Å². The fraction of sp³-hybridized carbons (Fsp3) is 0.286. The molecule has 5 heteroatoms. The number of hydrogen-bond donors (Lipinski definition) is 1. The molecule has 0 aliphatic rings. The van der Waals surface area contributed by atoms with Crippen LogP contribution in [0.15, 0.2) is 29.6 Å². The van der Waals surface area contributed by atoms with Crippen molar-refractivity contribution in [2.24, 2.45) is 0 Å². The van der Waals surface area contributed by atoms with E-state index in [-0.39, 0.29) is 0 Å². The van der Waals surface area contributed by atoms with Gasteiger partial charge < -0.3 is 10.1 Å². The van der Waals surface area contributed by atoms with Gasteiger partial charge in [-0.15, -0.1) is 11.3 Å². The maximum atomic E-state index is 6.01. The van der Waals surface area contributed by atoms with Crippen LogP contribution in [0.4, 0.5) is 0 Å². The Morgan fingerprint density at radius 2 is 2.11 bits per heavy atom. The number of halogens is 2. The van der Waals surface area contributed by atoms with Gasteiger partial charge >= 0.3 is 0 Å². The Bertz CT molecular complexity index is 542. The van der Waals surface area contributed by atoms with Gasteiger partial charge in [0.2, 0.25) is 0 Å². The molecular formula is C14H15Cl2NOS. The standard InChI is InChI=1S/C14H15Cl2NOS/c1-10-4-7-19-14(10)9-17-5-6-18-13-8-11(15)2-3-12(13)16/h2-4,7-8,17H,5-6,9H2,1H3. The second kappa shape index (κ2) is 7.15. The Balaban J connectivity index is 1.72. The lowest BCUT2D eigenvalue weighted by Crippen LogP contribution is -2.20. The van der Waals surface area contributed by atoms with Gasteiger partial charge in [0.1, 0.15) is 12.4 Å². The summed E-state index contributed by atoms with van der Waals surface area (Å²) in [5, 5.41) is 6.66. The van der Waals surface area contributed by atoms with Gasteiger partial charge in [0.05, 0.1) is 5.02 Å². The predicted molar refractivity (Wildman–Crippen MR) is 82.7 cm³/mol. The van der Waals surface area contributed by atoms with Crippen molar-refractivity contribution in [1.29, 1.82) is 0 Å². The first-order chi connectivity index (χ1) is 9.16. The minimum Gasteiger partial charge on any atom is -0.491 e. The average molecular weight is 316 g/mol. The van der Waals surface area contributed by atoms with Crippen LogP contribution in [0, 0.1) is 6.92 Å². The zero-order valence-electron chi connectivity index (χ0n) is 10.6. The zero-order valence-corrected chi connectivity index (χ0v) is 12.9. The lowest BCUT2D eigenvalue weighted by atomic mass is 10.3. The van der Waals surface area contributed by atoms with E-state index in [1.54, 1.807) is 29.5 Å². The van der Waals surface area contributed by atoms with Crippen molar-refractivity contribution in [1.82, 2.24) is 5.32 Å². The van der Waals surface area contributed by atoms with Gasteiger partial charge in [-0.3, -0.25) is 0 Å². The maximum Gasteiger partial charge on any atom is 0.139 e. The maximum absolute atomic E-state index is 6.01. The molecule has 0 aliphatic heterocycles. The van der Waals surface area contributed by atoms with Crippen molar-refractivity contribution >= 4 is 34.5 Å². The SMILES string of the molecule is Cc1ccsc1CNCCOc1cc(Cl)ccc1Cl. The van der Waals surface area contributed by atoms with Crippen molar-refractivity contribution in [3.63, 3.8) is 0 Å². The molecule has 1 N–H and O–H groups in total. The van der Waals surface area contributed by atoms with Crippen molar-refractivity contribution in [2.45, 2.75) is 13.5 Å². The van der Waals surface area contributed by atoms with Crippen LogP contribution in [0.25, 0.3) is 0 Å². The van der Waals surface area contributed by atoms with E-state index in [9.17, 15) is 0 Å². The third-order valence-corrected chi connectivity index (χ3v) is 4.25. The largest absolute Gasteiger partial charge is 0.491 e. The third-order valence-electron chi connectivity index (χ3n) is 2.68. The van der Waals surface area contributed by atoms with E-state index in [0.717, 1.165) is 13.1 Å². The first-order valence-electron chi connectivity index (χ1n) is 5.98. The number of thiophene rings is 1. The highest BCUT2D eigenvalue weighted by atomic mass is 35.5. The highest BCUT2D eigenvalue weighted by molar-refractivity contribution is 7.10. The second-order valence-electron chi connectivity index (χ2n) is 4.13. The summed E-state index contributed by atoms with van der Waals surface area (Å²) in [5.74, 6) is 0.628. The fourth-order valence-corrected chi connectivity index (χ4v) is 2.82. The van der Waals surface area contributed by atoms with Crippen LogP contribution in [-0.2, 0) is 6.54 Å². The molecule has 0 unspecified atom stereocenters. The molecule has 1 heterocycles. The van der Waals surface area contributed by atoms with E-state index < -0.39 is 0 Å². The Morgan fingerprint density at radius 3 is 2.84 bits per heavy atom. The van der Waals surface area contributed by atoms with Gasteiger partial charge in [-0.05, 0) is 36.1 Å². The van der Waals surface area contributed by atoms with Crippen LogP contribution in [-0.4, -0.2) is 13.2 Å². The molecule has 0 radical (unpaired) electrons. The number of rotatable bonds is 6. The summed E-state index contributed by atoms with van der Waals surface area (Å²) in [5.41, 5.74) is 1.33. The monoisotopic (exact) mass is 315 g/mol. The van der Waals surface area contributed by atoms with Gasteiger partial charge in [0.15, 0.2) is 0 Å². The number of ether oxygens (including phenoxy) is 1. The third kappa shape index (κ3) is 4.39. The van der Waals surface area contributed by atoms with E-state index in [4.69, 9.17) is 27.9 Å². The molecular weight excluding hydrogens is 301 g/mol. The first kappa shape index (κ1) is 14.7. The molecule has 2 nitrogen and oxygen atoms in total.